The molecule has 0 N–H and O–H groups in total. The summed E-state index contributed by atoms with van der Waals surface area (Å²) in [4.78, 5) is 7.91. The second kappa shape index (κ2) is 3.52. The zero-order valence-corrected chi connectivity index (χ0v) is 14.5. The normalized spacial score (nSPS) is 35.8. The molecule has 0 radical (unpaired) electrons. The molecule has 1 fully saturated rings. The topological polar surface area (TPSA) is 0 Å². The van der Waals surface area contributed by atoms with Gasteiger partial charge in [-0.2, -0.15) is 0 Å². The minimum atomic E-state index is -1.94. The molecular weight excluding hydrogens is 311 g/mol. The standard InChI is InChI=1S/C13H15.3CH3.Sn/c1-13-8-6-10(7-9-13)11-4-2-3-5-12(11)13;;;;/h2-5H,6-9H2,1H3;3*1H3;. The maximum absolute atomic E-state index is 2.64. The molecule has 1 aromatic rings. The molecule has 0 aliphatic heterocycles. The molecule has 1 heteroatoms. The molecule has 0 heterocycles. The Morgan fingerprint density at radius 1 is 0.882 bits per heavy atom. The molecule has 3 aliphatic rings. The summed E-state index contributed by atoms with van der Waals surface area (Å²) < 4.78 is 0.642. The van der Waals surface area contributed by atoms with Gasteiger partial charge in [-0.3, -0.25) is 0 Å². The van der Waals surface area contributed by atoms with Crippen LogP contribution >= 0.6 is 0 Å². The fraction of sp³-hybridized carbons (Fsp3) is 0.625. The van der Waals surface area contributed by atoms with Crippen LogP contribution in [0.5, 0.6) is 0 Å². The van der Waals surface area contributed by atoms with Crippen molar-refractivity contribution >= 4 is 18.4 Å². The van der Waals surface area contributed by atoms with Gasteiger partial charge in [0.2, 0.25) is 0 Å². The van der Waals surface area contributed by atoms with Gasteiger partial charge in [-0.15, -0.1) is 0 Å². The fourth-order valence-corrected chi connectivity index (χ4v) is 12.3. The third kappa shape index (κ3) is 1.49. The molecule has 0 spiro atoms. The molecule has 1 aromatic carbocycles. The molecule has 17 heavy (non-hydrogen) atoms. The second-order valence-corrected chi connectivity index (χ2v) is 23.0. The molecule has 0 amide bonds. The van der Waals surface area contributed by atoms with Crippen LogP contribution in [-0.2, 0) is 8.85 Å². The predicted octanol–water partition coefficient (Wildman–Crippen LogP) is 4.65. The number of fused-ring (bicyclic) bond motifs is 2. The Kier molecular flexibility index (Phi) is 2.50. The molecule has 0 saturated heterocycles. The van der Waals surface area contributed by atoms with Crippen molar-refractivity contribution < 1.29 is 0 Å². The predicted molar refractivity (Wildman–Crippen MR) is 77.3 cm³/mol. The summed E-state index contributed by atoms with van der Waals surface area (Å²) in [6.07, 6.45) is 5.80. The van der Waals surface area contributed by atoms with Crippen molar-refractivity contribution in [2.75, 3.05) is 0 Å². The molecule has 3 aliphatic carbocycles. The van der Waals surface area contributed by atoms with Crippen LogP contribution in [0.15, 0.2) is 24.3 Å². The SMILES string of the molecule is CC12CC[C]([Sn]([CH3])([CH3])[CH3])(CC1)c1ccccc12. The Morgan fingerprint density at radius 2 is 1.41 bits per heavy atom. The molecular formula is C16H24Sn. The number of rotatable bonds is 1. The van der Waals surface area contributed by atoms with Crippen molar-refractivity contribution in [2.24, 2.45) is 0 Å². The van der Waals surface area contributed by atoms with Crippen molar-refractivity contribution in [2.45, 2.75) is 56.3 Å². The molecule has 2 bridgehead atoms. The summed E-state index contributed by atoms with van der Waals surface area (Å²) in [5.41, 5.74) is 3.95. The summed E-state index contributed by atoms with van der Waals surface area (Å²) in [6, 6.07) is 9.38. The molecule has 92 valence electrons. The first-order chi connectivity index (χ1) is 7.89. The van der Waals surface area contributed by atoms with Gasteiger partial charge in [0.1, 0.15) is 0 Å². The van der Waals surface area contributed by atoms with Gasteiger partial charge in [-0.1, -0.05) is 0 Å². The van der Waals surface area contributed by atoms with Crippen molar-refractivity contribution in [3.63, 3.8) is 0 Å². The molecule has 1 saturated carbocycles. The molecule has 0 nitrogen and oxygen atoms in total. The van der Waals surface area contributed by atoms with Gasteiger partial charge in [0.05, 0.1) is 0 Å². The van der Waals surface area contributed by atoms with E-state index in [2.05, 4.69) is 46.0 Å². The maximum atomic E-state index is 2.64. The summed E-state index contributed by atoms with van der Waals surface area (Å²) in [6.45, 7) is 2.49. The van der Waals surface area contributed by atoms with Crippen LogP contribution in [0.25, 0.3) is 0 Å². The van der Waals surface area contributed by atoms with Crippen LogP contribution in [0.2, 0.25) is 14.8 Å². The first kappa shape index (κ1) is 12.1. The van der Waals surface area contributed by atoms with E-state index in [9.17, 15) is 0 Å². The van der Waals surface area contributed by atoms with Crippen molar-refractivity contribution in [1.29, 1.82) is 0 Å². The van der Waals surface area contributed by atoms with E-state index in [4.69, 9.17) is 0 Å². The van der Waals surface area contributed by atoms with Crippen molar-refractivity contribution in [3.8, 4) is 0 Å². The number of benzene rings is 1. The zero-order valence-electron chi connectivity index (χ0n) is 11.6. The number of hydrogen-bond acceptors (Lipinski definition) is 0. The monoisotopic (exact) mass is 336 g/mol. The molecule has 0 aromatic heterocycles. The van der Waals surface area contributed by atoms with E-state index < -0.39 is 18.4 Å². The van der Waals surface area contributed by atoms with Gasteiger partial charge in [-0.25, -0.2) is 0 Å². The Balaban J connectivity index is 2.26. The van der Waals surface area contributed by atoms with Gasteiger partial charge >= 0.3 is 110 Å². The van der Waals surface area contributed by atoms with Crippen LogP contribution in [0, 0.1) is 0 Å². The summed E-state index contributed by atoms with van der Waals surface area (Å²) in [5, 5.41) is 0. The first-order valence-electron chi connectivity index (χ1n) is 6.99. The van der Waals surface area contributed by atoms with Gasteiger partial charge < -0.3 is 0 Å². The Labute approximate surface area is 110 Å². The number of hydrogen-bond donors (Lipinski definition) is 0. The van der Waals surface area contributed by atoms with Gasteiger partial charge in [0.15, 0.2) is 0 Å². The fourth-order valence-electron chi connectivity index (χ4n) is 4.35. The van der Waals surface area contributed by atoms with Crippen LogP contribution in [-0.4, -0.2) is 18.4 Å². The van der Waals surface area contributed by atoms with E-state index in [0.717, 1.165) is 0 Å². The van der Waals surface area contributed by atoms with Crippen LogP contribution in [0.4, 0.5) is 0 Å². The van der Waals surface area contributed by atoms with E-state index in [1.54, 1.807) is 11.1 Å². The quantitative estimate of drug-likeness (QED) is 0.656. The van der Waals surface area contributed by atoms with E-state index in [1.165, 1.54) is 25.7 Å². The summed E-state index contributed by atoms with van der Waals surface area (Å²) in [7, 11) is 0. The Morgan fingerprint density at radius 3 is 1.94 bits per heavy atom. The average molecular weight is 335 g/mol. The first-order valence-corrected chi connectivity index (χ1v) is 17.0. The van der Waals surface area contributed by atoms with Crippen molar-refractivity contribution in [1.82, 2.24) is 0 Å². The van der Waals surface area contributed by atoms with Crippen LogP contribution in [0.1, 0.15) is 43.7 Å². The Hall–Kier alpha value is 0.0187. The second-order valence-electron chi connectivity index (χ2n) is 7.44. The molecule has 0 unspecified atom stereocenters. The third-order valence-electron chi connectivity index (χ3n) is 5.74. The average Bonchev–Trinajstić information content (AvgIpc) is 2.29. The Bertz CT molecular complexity index is 445. The summed E-state index contributed by atoms with van der Waals surface area (Å²) >= 11 is -1.94. The van der Waals surface area contributed by atoms with E-state index >= 15 is 0 Å². The molecule has 4 rings (SSSR count). The van der Waals surface area contributed by atoms with E-state index in [1.807, 2.05) is 0 Å². The molecule has 0 atom stereocenters. The van der Waals surface area contributed by atoms with Crippen molar-refractivity contribution in [3.05, 3.63) is 35.4 Å². The van der Waals surface area contributed by atoms with Gasteiger partial charge in [0, 0.05) is 0 Å². The zero-order chi connectivity index (χ0) is 12.3. The van der Waals surface area contributed by atoms with Gasteiger partial charge in [0.25, 0.3) is 0 Å². The third-order valence-corrected chi connectivity index (χ3v) is 16.1. The van der Waals surface area contributed by atoms with Crippen LogP contribution in [0.3, 0.4) is 0 Å². The summed E-state index contributed by atoms with van der Waals surface area (Å²) in [5.74, 6) is 0. The minimum absolute atomic E-state index is 0.495. The van der Waals surface area contributed by atoms with Crippen LogP contribution < -0.4 is 0 Å². The van der Waals surface area contributed by atoms with E-state index in [0.29, 0.717) is 8.85 Å². The van der Waals surface area contributed by atoms with E-state index in [-0.39, 0.29) is 0 Å². The van der Waals surface area contributed by atoms with Gasteiger partial charge in [-0.05, 0) is 0 Å².